The molecule has 7 nitrogen and oxygen atoms in total. The van der Waals surface area contributed by atoms with Crippen molar-refractivity contribution < 1.29 is 24.2 Å². The zero-order valence-electron chi connectivity index (χ0n) is 22.8. The van der Waals surface area contributed by atoms with Gasteiger partial charge in [-0.15, -0.1) is 0 Å². The van der Waals surface area contributed by atoms with Gasteiger partial charge < -0.3 is 20.1 Å². The van der Waals surface area contributed by atoms with E-state index in [9.17, 15) is 19.5 Å². The smallest absolute Gasteiger partial charge is 0.235 e. The molecular weight excluding hydrogens is 492 g/mol. The summed E-state index contributed by atoms with van der Waals surface area (Å²) in [6.45, 7) is 7.90. The van der Waals surface area contributed by atoms with Crippen molar-refractivity contribution in [3.8, 4) is 0 Å². The monoisotopic (exact) mass is 528 g/mol. The zero-order valence-corrected chi connectivity index (χ0v) is 22.8. The molecule has 2 saturated heterocycles. The standard InChI is InChI=1S/C32H36N2O5/c1-17-8-7-10-22-29-31(4,39-29)19(3)27-24(15-20-16-33-23-11-6-5-9-21(20)23)34-30(38)32(22,27)26(36)13-12-25(35)28(37)18(2)14-17/h5-7,9-14,16-17,19,22,24,27-29,33,37H,8,15H2,1-4H3,(H,34,38)/b10-7+,13-12-,18-14+. The molecule has 1 aromatic carbocycles. The molecule has 3 N–H and O–H groups in total. The number of hydrogen-bond donors (Lipinski definition) is 3. The van der Waals surface area contributed by atoms with Gasteiger partial charge in [0.05, 0.1) is 11.7 Å². The van der Waals surface area contributed by atoms with E-state index < -0.39 is 34.6 Å². The number of H-pyrrole nitrogens is 1. The average molecular weight is 529 g/mol. The van der Waals surface area contributed by atoms with Crippen molar-refractivity contribution in [1.29, 1.82) is 0 Å². The first-order chi connectivity index (χ1) is 18.6. The fraction of sp³-hybridized carbons (Fsp3) is 0.469. The van der Waals surface area contributed by atoms with Gasteiger partial charge >= 0.3 is 0 Å². The van der Waals surface area contributed by atoms with E-state index in [0.717, 1.165) is 22.5 Å². The number of rotatable bonds is 2. The largest absolute Gasteiger partial charge is 0.381 e. The van der Waals surface area contributed by atoms with Crippen molar-refractivity contribution in [1.82, 2.24) is 10.3 Å². The third-order valence-corrected chi connectivity index (χ3v) is 9.86. The van der Waals surface area contributed by atoms with Crippen LogP contribution in [0.3, 0.4) is 0 Å². The summed E-state index contributed by atoms with van der Waals surface area (Å²) in [4.78, 5) is 44.5. The summed E-state index contributed by atoms with van der Waals surface area (Å²) in [6.07, 6.45) is 9.89. The molecule has 6 rings (SSSR count). The third-order valence-electron chi connectivity index (χ3n) is 9.86. The van der Waals surface area contributed by atoms with Gasteiger partial charge in [-0.05, 0) is 67.9 Å². The Labute approximate surface area is 228 Å². The maximum atomic E-state index is 14.2. The second kappa shape index (κ2) is 9.14. The molecule has 2 aliphatic carbocycles. The molecule has 3 heterocycles. The van der Waals surface area contributed by atoms with Crippen molar-refractivity contribution in [2.24, 2.45) is 29.1 Å². The summed E-state index contributed by atoms with van der Waals surface area (Å²) in [5.41, 5.74) is 0.805. The van der Waals surface area contributed by atoms with E-state index in [1.54, 1.807) is 6.92 Å². The maximum absolute atomic E-state index is 14.2. The molecule has 4 aliphatic rings. The summed E-state index contributed by atoms with van der Waals surface area (Å²) in [5, 5.41) is 14.9. The number of aliphatic hydroxyl groups is 1. The molecule has 3 fully saturated rings. The Morgan fingerprint density at radius 2 is 1.90 bits per heavy atom. The number of ether oxygens (including phenoxy) is 1. The van der Waals surface area contributed by atoms with Crippen LogP contribution in [0.1, 0.15) is 39.7 Å². The molecule has 204 valence electrons. The number of hydrogen-bond acceptors (Lipinski definition) is 5. The number of aliphatic hydroxyl groups excluding tert-OH is 1. The van der Waals surface area contributed by atoms with Gasteiger partial charge in [-0.25, -0.2) is 0 Å². The van der Waals surface area contributed by atoms with Crippen LogP contribution in [0.25, 0.3) is 10.9 Å². The Balaban J connectivity index is 1.46. The minimum Gasteiger partial charge on any atom is -0.381 e. The van der Waals surface area contributed by atoms with E-state index >= 15 is 0 Å². The molecule has 1 saturated carbocycles. The second-order valence-electron chi connectivity index (χ2n) is 12.1. The Hall–Kier alpha value is -3.29. The van der Waals surface area contributed by atoms with Crippen LogP contribution >= 0.6 is 0 Å². The molecule has 0 radical (unpaired) electrons. The van der Waals surface area contributed by atoms with Crippen molar-refractivity contribution in [3.63, 3.8) is 0 Å². The Morgan fingerprint density at radius 1 is 1.13 bits per heavy atom. The normalized spacial score (nSPS) is 43.1. The van der Waals surface area contributed by atoms with Crippen LogP contribution in [-0.4, -0.2) is 51.4 Å². The Kier molecular flexibility index (Phi) is 6.08. The van der Waals surface area contributed by atoms with E-state index in [1.807, 2.05) is 49.5 Å². The van der Waals surface area contributed by atoms with Crippen LogP contribution < -0.4 is 5.32 Å². The molecule has 9 atom stereocenters. The molecule has 1 aromatic heterocycles. The molecule has 39 heavy (non-hydrogen) atoms. The number of carbonyl (C=O) groups is 3. The lowest BCUT2D eigenvalue weighted by Crippen LogP contribution is -2.58. The van der Waals surface area contributed by atoms with Crippen LogP contribution in [0.2, 0.25) is 0 Å². The minimum absolute atomic E-state index is 0.0666. The van der Waals surface area contributed by atoms with Gasteiger partial charge in [0.15, 0.2) is 11.6 Å². The van der Waals surface area contributed by atoms with Gasteiger partial charge in [0.1, 0.15) is 11.5 Å². The van der Waals surface area contributed by atoms with E-state index in [1.165, 1.54) is 6.08 Å². The first-order valence-electron chi connectivity index (χ1n) is 13.9. The molecule has 9 unspecified atom stereocenters. The van der Waals surface area contributed by atoms with E-state index in [2.05, 4.69) is 30.2 Å². The van der Waals surface area contributed by atoms with Gasteiger partial charge in [0.2, 0.25) is 5.91 Å². The summed E-state index contributed by atoms with van der Waals surface area (Å²) in [5.74, 6) is -2.11. The molecule has 2 aromatic rings. The Bertz CT molecular complexity index is 1450. The molecular formula is C32H36N2O5. The highest BCUT2D eigenvalue weighted by molar-refractivity contribution is 6.15. The predicted octanol–water partition coefficient (Wildman–Crippen LogP) is 3.83. The minimum atomic E-state index is -1.41. The van der Waals surface area contributed by atoms with Crippen LogP contribution in [0.5, 0.6) is 0 Å². The van der Waals surface area contributed by atoms with Gasteiger partial charge in [-0.1, -0.05) is 50.3 Å². The summed E-state index contributed by atoms with van der Waals surface area (Å²) < 4.78 is 6.33. The van der Waals surface area contributed by atoms with E-state index in [4.69, 9.17) is 4.74 Å². The summed E-state index contributed by atoms with van der Waals surface area (Å²) >= 11 is 0. The Morgan fingerprint density at radius 3 is 2.69 bits per heavy atom. The van der Waals surface area contributed by atoms with Gasteiger partial charge in [0.25, 0.3) is 0 Å². The maximum Gasteiger partial charge on any atom is 0.235 e. The molecule has 7 heteroatoms. The fourth-order valence-electron chi connectivity index (χ4n) is 7.66. The number of nitrogens with one attached hydrogen (secondary N) is 2. The lowest BCUT2D eigenvalue weighted by atomic mass is 9.51. The average Bonchev–Trinajstić information content (AvgIpc) is 3.31. The number of aromatic nitrogens is 1. The van der Waals surface area contributed by atoms with Gasteiger partial charge in [-0.3, -0.25) is 14.4 Å². The summed E-state index contributed by atoms with van der Waals surface area (Å²) in [6, 6.07) is 7.77. The SMILES string of the molecule is C/C1=C\C(C)C/C=C/C2C3OC3(C)C(C)C3C(Cc4c[nH]c5ccccc45)NC(=O)C23C(=O)/C=C\C(=O)C1O. The molecule has 0 bridgehead atoms. The van der Waals surface area contributed by atoms with Crippen LogP contribution in [-0.2, 0) is 25.5 Å². The van der Waals surface area contributed by atoms with Crippen molar-refractivity contribution in [3.05, 3.63) is 72.0 Å². The number of ketones is 2. The number of aromatic amines is 1. The quantitative estimate of drug-likeness (QED) is 0.312. The number of allylic oxidation sites excluding steroid dienone is 3. The topological polar surface area (TPSA) is 112 Å². The number of amides is 1. The fourth-order valence-corrected chi connectivity index (χ4v) is 7.66. The van der Waals surface area contributed by atoms with Crippen molar-refractivity contribution >= 4 is 28.4 Å². The zero-order chi connectivity index (χ0) is 27.7. The number of para-hydroxylation sites is 1. The first kappa shape index (κ1) is 26.0. The van der Waals surface area contributed by atoms with Crippen LogP contribution in [0.4, 0.5) is 0 Å². The molecule has 1 amide bonds. The van der Waals surface area contributed by atoms with Crippen LogP contribution in [0, 0.1) is 29.1 Å². The number of benzene rings is 1. The van der Waals surface area contributed by atoms with Crippen molar-refractivity contribution in [2.75, 3.05) is 0 Å². The third kappa shape index (κ3) is 3.81. The number of epoxide rings is 1. The number of carbonyl (C=O) groups excluding carboxylic acids is 3. The second-order valence-corrected chi connectivity index (χ2v) is 12.1. The van der Waals surface area contributed by atoms with Crippen molar-refractivity contribution in [2.45, 2.75) is 64.4 Å². The summed E-state index contributed by atoms with van der Waals surface area (Å²) in [7, 11) is 0. The molecule has 2 aliphatic heterocycles. The highest BCUT2D eigenvalue weighted by Gasteiger charge is 2.78. The highest BCUT2D eigenvalue weighted by Crippen LogP contribution is 2.66. The number of fused-ring (bicyclic) bond motifs is 3. The predicted molar refractivity (Wildman–Crippen MR) is 148 cm³/mol. The first-order valence-corrected chi connectivity index (χ1v) is 13.9. The van der Waals surface area contributed by atoms with E-state index in [0.29, 0.717) is 18.4 Å². The highest BCUT2D eigenvalue weighted by atomic mass is 16.6. The van der Waals surface area contributed by atoms with Crippen LogP contribution in [0.15, 0.2) is 66.4 Å². The lowest BCUT2D eigenvalue weighted by Gasteiger charge is -2.45. The lowest BCUT2D eigenvalue weighted by molar-refractivity contribution is -0.145. The van der Waals surface area contributed by atoms with Gasteiger partial charge in [0, 0.05) is 35.0 Å². The molecule has 1 spiro atoms. The van der Waals surface area contributed by atoms with Gasteiger partial charge in [-0.2, -0.15) is 0 Å². The van der Waals surface area contributed by atoms with E-state index in [-0.39, 0.29) is 35.8 Å².